The lowest BCUT2D eigenvalue weighted by Gasteiger charge is -2.15. The molecule has 78 valence electrons. The number of alkyl halides is 3. The molecule has 0 radical (unpaired) electrons. The molecule has 0 fully saturated rings. The summed E-state index contributed by atoms with van der Waals surface area (Å²) in [6.45, 7) is 0. The second kappa shape index (κ2) is 3.86. The fourth-order valence-corrected chi connectivity index (χ4v) is 1.47. The molecule has 1 atom stereocenters. The Morgan fingerprint density at radius 2 is 1.86 bits per heavy atom. The Hall–Kier alpha value is -0.620. The second-order valence-electron chi connectivity index (χ2n) is 2.61. The molecule has 0 aromatic heterocycles. The summed E-state index contributed by atoms with van der Waals surface area (Å²) >= 11 is 2.74. The van der Waals surface area contributed by atoms with Crippen molar-refractivity contribution in [2.75, 3.05) is 0 Å². The van der Waals surface area contributed by atoms with Crippen molar-refractivity contribution in [2.24, 2.45) is 0 Å². The highest BCUT2D eigenvalue weighted by Crippen LogP contribution is 2.36. The maximum Gasteiger partial charge on any atom is 0.418 e. The van der Waals surface area contributed by atoms with E-state index < -0.39 is 23.7 Å². The lowest BCUT2D eigenvalue weighted by molar-refractivity contribution is -0.207. The highest BCUT2D eigenvalue weighted by Gasteiger charge is 2.40. The molecule has 1 aromatic carbocycles. The molecular weight excluding hydrogens is 268 g/mol. The minimum absolute atomic E-state index is 0.109. The molecule has 0 aliphatic carbocycles. The van der Waals surface area contributed by atoms with Crippen LogP contribution in [-0.4, -0.2) is 11.3 Å². The molecule has 0 heterocycles. The number of hydrogen-bond donors (Lipinski definition) is 1. The van der Waals surface area contributed by atoms with Gasteiger partial charge in [-0.2, -0.15) is 13.2 Å². The van der Waals surface area contributed by atoms with Crippen LogP contribution in [0.25, 0.3) is 0 Å². The van der Waals surface area contributed by atoms with Gasteiger partial charge in [0.15, 0.2) is 6.10 Å². The van der Waals surface area contributed by atoms with Crippen molar-refractivity contribution in [2.45, 2.75) is 12.3 Å². The van der Waals surface area contributed by atoms with E-state index in [1.165, 1.54) is 0 Å². The number of rotatable bonds is 1. The molecule has 0 aliphatic heterocycles. The third-order valence-electron chi connectivity index (χ3n) is 1.57. The summed E-state index contributed by atoms with van der Waals surface area (Å²) in [6.07, 6.45) is -7.35. The summed E-state index contributed by atoms with van der Waals surface area (Å²) in [5.41, 5.74) is -0.404. The van der Waals surface area contributed by atoms with Gasteiger partial charge in [0.05, 0.1) is 0 Å². The zero-order chi connectivity index (χ0) is 10.9. The Kier molecular flexibility index (Phi) is 3.16. The molecule has 6 heteroatoms. The number of halogens is 5. The highest BCUT2D eigenvalue weighted by molar-refractivity contribution is 9.10. The van der Waals surface area contributed by atoms with Crippen LogP contribution in [-0.2, 0) is 0 Å². The van der Waals surface area contributed by atoms with Crippen molar-refractivity contribution in [3.63, 3.8) is 0 Å². The zero-order valence-electron chi connectivity index (χ0n) is 6.65. The average Bonchev–Trinajstić information content (AvgIpc) is 2.01. The minimum Gasteiger partial charge on any atom is -0.379 e. The van der Waals surface area contributed by atoms with E-state index in [1.54, 1.807) is 0 Å². The molecule has 0 bridgehead atoms. The van der Waals surface area contributed by atoms with Gasteiger partial charge < -0.3 is 5.11 Å². The van der Waals surface area contributed by atoms with E-state index in [0.29, 0.717) is 0 Å². The molecule has 0 aliphatic rings. The summed E-state index contributed by atoms with van der Waals surface area (Å²) in [5.74, 6) is -0.671. The number of hydrogen-bond acceptors (Lipinski definition) is 1. The van der Waals surface area contributed by atoms with E-state index in [9.17, 15) is 17.6 Å². The van der Waals surface area contributed by atoms with Crippen molar-refractivity contribution in [1.82, 2.24) is 0 Å². The van der Waals surface area contributed by atoms with Gasteiger partial charge in [-0.25, -0.2) is 4.39 Å². The molecule has 1 aromatic rings. The number of benzene rings is 1. The van der Waals surface area contributed by atoms with Crippen LogP contribution in [0.1, 0.15) is 11.7 Å². The van der Waals surface area contributed by atoms with E-state index in [-0.39, 0.29) is 4.47 Å². The van der Waals surface area contributed by atoms with E-state index in [2.05, 4.69) is 15.9 Å². The predicted molar refractivity (Wildman–Crippen MR) is 45.1 cm³/mol. The van der Waals surface area contributed by atoms with Crippen LogP contribution < -0.4 is 0 Å². The van der Waals surface area contributed by atoms with Gasteiger partial charge in [0, 0.05) is 10.0 Å². The molecule has 0 amide bonds. The third-order valence-corrected chi connectivity index (χ3v) is 2.25. The molecule has 1 nitrogen and oxygen atoms in total. The van der Waals surface area contributed by atoms with Crippen molar-refractivity contribution in [3.8, 4) is 0 Å². The predicted octanol–water partition coefficient (Wildman–Crippen LogP) is 3.18. The second-order valence-corrected chi connectivity index (χ2v) is 3.46. The van der Waals surface area contributed by atoms with Crippen LogP contribution in [0.15, 0.2) is 22.7 Å². The first-order valence-corrected chi connectivity index (χ1v) is 4.31. The Morgan fingerprint density at radius 1 is 1.29 bits per heavy atom. The summed E-state index contributed by atoms with van der Waals surface area (Å²) in [5, 5.41) is 8.85. The smallest absolute Gasteiger partial charge is 0.379 e. The maximum atomic E-state index is 12.5. The lowest BCUT2D eigenvalue weighted by atomic mass is 10.1. The Balaban J connectivity index is 3.08. The zero-order valence-corrected chi connectivity index (χ0v) is 8.23. The monoisotopic (exact) mass is 272 g/mol. The van der Waals surface area contributed by atoms with Crippen LogP contribution in [0.3, 0.4) is 0 Å². The van der Waals surface area contributed by atoms with Crippen LogP contribution >= 0.6 is 15.9 Å². The van der Waals surface area contributed by atoms with Crippen molar-refractivity contribution in [1.29, 1.82) is 0 Å². The van der Waals surface area contributed by atoms with Gasteiger partial charge in [0.25, 0.3) is 0 Å². The summed E-state index contributed by atoms with van der Waals surface area (Å²) in [6, 6.07) is 2.61. The highest BCUT2D eigenvalue weighted by atomic mass is 79.9. The van der Waals surface area contributed by atoms with Gasteiger partial charge >= 0.3 is 6.18 Å². The van der Waals surface area contributed by atoms with E-state index in [0.717, 1.165) is 18.2 Å². The lowest BCUT2D eigenvalue weighted by Crippen LogP contribution is -2.20. The number of aliphatic hydroxyl groups excluding tert-OH is 1. The largest absolute Gasteiger partial charge is 0.418 e. The fourth-order valence-electron chi connectivity index (χ4n) is 0.900. The molecule has 0 spiro atoms. The van der Waals surface area contributed by atoms with Crippen LogP contribution in [0, 0.1) is 5.82 Å². The van der Waals surface area contributed by atoms with Gasteiger partial charge in [-0.05, 0) is 12.1 Å². The van der Waals surface area contributed by atoms with Crippen molar-refractivity contribution < 1.29 is 22.7 Å². The standard InChI is InChI=1S/C8H5BrF4O/c9-6-3-4(10)1-2-5(6)7(14)8(11,12)13/h1-3,7,14H/t7-/m1/s1. The van der Waals surface area contributed by atoms with Gasteiger partial charge in [-0.1, -0.05) is 22.0 Å². The molecule has 0 saturated carbocycles. The van der Waals surface area contributed by atoms with Crippen molar-refractivity contribution in [3.05, 3.63) is 34.1 Å². The van der Waals surface area contributed by atoms with Crippen molar-refractivity contribution >= 4 is 15.9 Å². The van der Waals surface area contributed by atoms with E-state index >= 15 is 0 Å². The molecule has 1 N–H and O–H groups in total. The first kappa shape index (κ1) is 11.5. The van der Waals surface area contributed by atoms with E-state index in [1.807, 2.05) is 0 Å². The van der Waals surface area contributed by atoms with Crippen LogP contribution in [0.4, 0.5) is 17.6 Å². The van der Waals surface area contributed by atoms with Crippen LogP contribution in [0.2, 0.25) is 0 Å². The molecule has 1 rings (SSSR count). The SMILES string of the molecule is O[C@H](c1ccc(F)cc1Br)C(F)(F)F. The van der Waals surface area contributed by atoms with Gasteiger partial charge in [-0.3, -0.25) is 0 Å². The fraction of sp³-hybridized carbons (Fsp3) is 0.250. The Labute approximate surface area is 85.5 Å². The summed E-state index contributed by atoms with van der Waals surface area (Å²) in [7, 11) is 0. The third kappa shape index (κ3) is 2.45. The normalized spacial score (nSPS) is 14.1. The first-order chi connectivity index (χ1) is 6.32. The first-order valence-electron chi connectivity index (χ1n) is 3.52. The summed E-state index contributed by atoms with van der Waals surface area (Å²) < 4.78 is 48.6. The number of aliphatic hydroxyl groups is 1. The van der Waals surface area contributed by atoms with Gasteiger partial charge in [-0.15, -0.1) is 0 Å². The molecule has 0 saturated heterocycles. The minimum atomic E-state index is -4.75. The average molecular weight is 273 g/mol. The molecule has 14 heavy (non-hydrogen) atoms. The van der Waals surface area contributed by atoms with Gasteiger partial charge in [0.2, 0.25) is 0 Å². The Bertz CT molecular complexity index is 337. The topological polar surface area (TPSA) is 20.2 Å². The van der Waals surface area contributed by atoms with E-state index in [4.69, 9.17) is 5.11 Å². The quantitative estimate of drug-likeness (QED) is 0.779. The van der Waals surface area contributed by atoms with Gasteiger partial charge in [0.1, 0.15) is 5.82 Å². The summed E-state index contributed by atoms with van der Waals surface area (Å²) in [4.78, 5) is 0. The molecule has 0 unspecified atom stereocenters. The maximum absolute atomic E-state index is 12.5. The Morgan fingerprint density at radius 3 is 2.29 bits per heavy atom. The van der Waals surface area contributed by atoms with Crippen LogP contribution in [0.5, 0.6) is 0 Å². The molecular formula is C8H5BrF4O.